The van der Waals surface area contributed by atoms with Crippen molar-refractivity contribution in [3.63, 3.8) is 0 Å². The summed E-state index contributed by atoms with van der Waals surface area (Å²) in [4.78, 5) is 0. The Kier molecular flexibility index (Phi) is 2.87. The topological polar surface area (TPSA) is 30.7 Å². The van der Waals surface area contributed by atoms with Crippen molar-refractivity contribution in [2.75, 3.05) is 0 Å². The van der Waals surface area contributed by atoms with Crippen LogP contribution >= 0.6 is 0 Å². The maximum atomic E-state index is 13.5. The molecule has 0 spiro atoms. The van der Waals surface area contributed by atoms with Gasteiger partial charge in [-0.3, -0.25) is 0 Å². The molecule has 2 aromatic carbocycles. The third kappa shape index (κ3) is 2.27. The van der Waals surface area contributed by atoms with Crippen LogP contribution in [-0.4, -0.2) is 22.8 Å². The van der Waals surface area contributed by atoms with Crippen LogP contribution in [0.4, 0.5) is 4.39 Å². The minimum atomic E-state index is -0.230. The highest BCUT2D eigenvalue weighted by Gasteiger charge is 2.07. The van der Waals surface area contributed by atoms with Crippen molar-refractivity contribution in [1.29, 1.82) is 0 Å². The number of para-hydroxylation sites is 1. The normalized spacial score (nSPS) is 10.6. The molecule has 0 aliphatic heterocycles. The van der Waals surface area contributed by atoms with Gasteiger partial charge in [0.05, 0.1) is 11.9 Å². The Bertz CT molecular complexity index is 710. The van der Waals surface area contributed by atoms with Crippen molar-refractivity contribution < 1.29 is 4.39 Å². The van der Waals surface area contributed by atoms with Crippen LogP contribution in [-0.2, 0) is 0 Å². The lowest BCUT2D eigenvalue weighted by Gasteiger charge is -1.99. The fourth-order valence-electron chi connectivity index (χ4n) is 1.86. The molecule has 1 heterocycles. The largest absolute Gasteiger partial charge is 0.220 e. The summed E-state index contributed by atoms with van der Waals surface area (Å²) in [5.74, 6) is -0.230. The second kappa shape index (κ2) is 4.68. The molecule has 0 aliphatic rings. The van der Waals surface area contributed by atoms with E-state index < -0.39 is 0 Å². The van der Waals surface area contributed by atoms with Crippen molar-refractivity contribution in [2.24, 2.45) is 0 Å². The van der Waals surface area contributed by atoms with E-state index in [1.54, 1.807) is 24.8 Å². The number of nitrogens with zero attached hydrogens (tertiary/aromatic N) is 3. The fraction of sp³-hybridized carbons (Fsp3) is 0. The summed E-state index contributed by atoms with van der Waals surface area (Å²) in [6.07, 6.45) is 1.79. The lowest BCUT2D eigenvalue weighted by Crippen LogP contribution is -2.07. The van der Waals surface area contributed by atoms with Crippen molar-refractivity contribution in [3.05, 3.63) is 60.5 Å². The van der Waals surface area contributed by atoms with E-state index in [-0.39, 0.29) is 5.82 Å². The Hall–Kier alpha value is -2.43. The molecule has 5 heteroatoms. The zero-order valence-corrected chi connectivity index (χ0v) is 10.4. The van der Waals surface area contributed by atoms with E-state index in [1.807, 2.05) is 36.4 Å². The second-order valence-corrected chi connectivity index (χ2v) is 4.35. The van der Waals surface area contributed by atoms with Gasteiger partial charge in [0.1, 0.15) is 19.4 Å². The molecule has 0 N–H and O–H groups in total. The van der Waals surface area contributed by atoms with Gasteiger partial charge in [-0.1, -0.05) is 41.0 Å². The summed E-state index contributed by atoms with van der Waals surface area (Å²) < 4.78 is 15.2. The summed E-state index contributed by atoms with van der Waals surface area (Å²) >= 11 is 0. The molecular formula is C14H11BFN3. The number of aromatic nitrogens is 3. The highest BCUT2D eigenvalue weighted by atomic mass is 19.1. The predicted molar refractivity (Wildman–Crippen MR) is 74.9 cm³/mol. The first kappa shape index (κ1) is 11.7. The lowest BCUT2D eigenvalue weighted by atomic mass is 9.94. The molecule has 3 nitrogen and oxygen atoms in total. The number of halogens is 1. The highest BCUT2D eigenvalue weighted by Crippen LogP contribution is 2.17. The number of rotatable bonds is 2. The SMILES string of the molecule is Bc1ccc(-c2cn(-c3ccccc3)nn2)cc1F. The van der Waals surface area contributed by atoms with Gasteiger partial charge < -0.3 is 0 Å². The smallest absolute Gasteiger partial charge is 0.143 e. The standard InChI is InChI=1S/C14H11BFN3/c15-12-7-6-10(8-13(12)16)14-9-19(18-17-14)11-4-2-1-3-5-11/h1-9H,15H2. The van der Waals surface area contributed by atoms with Crippen LogP contribution in [0.2, 0.25) is 0 Å². The van der Waals surface area contributed by atoms with Crippen molar-refractivity contribution in [2.45, 2.75) is 0 Å². The van der Waals surface area contributed by atoms with Crippen LogP contribution in [0.5, 0.6) is 0 Å². The molecule has 0 fully saturated rings. The molecule has 0 unspecified atom stereocenters. The van der Waals surface area contributed by atoms with E-state index >= 15 is 0 Å². The van der Waals surface area contributed by atoms with E-state index in [1.165, 1.54) is 6.07 Å². The molecule has 0 radical (unpaired) electrons. The fourth-order valence-corrected chi connectivity index (χ4v) is 1.86. The summed E-state index contributed by atoms with van der Waals surface area (Å²) in [7, 11) is 1.74. The van der Waals surface area contributed by atoms with Crippen LogP contribution in [0, 0.1) is 5.82 Å². The first-order valence-electron chi connectivity index (χ1n) is 5.98. The Balaban J connectivity index is 1.99. The quantitative estimate of drug-likeness (QED) is 0.643. The molecule has 92 valence electrons. The van der Waals surface area contributed by atoms with E-state index in [4.69, 9.17) is 0 Å². The summed E-state index contributed by atoms with van der Waals surface area (Å²) in [6.45, 7) is 0. The number of benzene rings is 2. The highest BCUT2D eigenvalue weighted by molar-refractivity contribution is 6.32. The molecule has 0 saturated carbocycles. The molecule has 0 bridgehead atoms. The van der Waals surface area contributed by atoms with Crippen LogP contribution in [0.15, 0.2) is 54.7 Å². The van der Waals surface area contributed by atoms with Gasteiger partial charge in [0, 0.05) is 5.56 Å². The second-order valence-electron chi connectivity index (χ2n) is 4.35. The van der Waals surface area contributed by atoms with Crippen molar-refractivity contribution >= 4 is 13.3 Å². The third-order valence-corrected chi connectivity index (χ3v) is 2.98. The maximum absolute atomic E-state index is 13.5. The van der Waals surface area contributed by atoms with Gasteiger partial charge in [-0.25, -0.2) is 9.07 Å². The average Bonchev–Trinajstić information content (AvgIpc) is 2.93. The first-order valence-corrected chi connectivity index (χ1v) is 5.98. The molecular weight excluding hydrogens is 240 g/mol. The van der Waals surface area contributed by atoms with Gasteiger partial charge in [0.2, 0.25) is 0 Å². The molecule has 0 saturated heterocycles. The first-order chi connectivity index (χ1) is 9.24. The monoisotopic (exact) mass is 251 g/mol. The van der Waals surface area contributed by atoms with Crippen LogP contribution < -0.4 is 5.46 Å². The third-order valence-electron chi connectivity index (χ3n) is 2.98. The van der Waals surface area contributed by atoms with Crippen molar-refractivity contribution in [3.8, 4) is 16.9 Å². The Morgan fingerprint density at radius 2 is 1.84 bits per heavy atom. The molecule has 3 rings (SSSR count). The van der Waals surface area contributed by atoms with Gasteiger partial charge in [-0.15, -0.1) is 5.10 Å². The average molecular weight is 251 g/mol. The van der Waals surface area contributed by atoms with Crippen molar-refractivity contribution in [1.82, 2.24) is 15.0 Å². The minimum Gasteiger partial charge on any atom is -0.220 e. The zero-order valence-electron chi connectivity index (χ0n) is 10.4. The molecule has 0 amide bonds. The van der Waals surface area contributed by atoms with Gasteiger partial charge in [0.25, 0.3) is 0 Å². The Labute approximate surface area is 111 Å². The van der Waals surface area contributed by atoms with Gasteiger partial charge >= 0.3 is 0 Å². The van der Waals surface area contributed by atoms with Gasteiger partial charge in [-0.05, 0) is 18.2 Å². The number of hydrogen-bond donors (Lipinski definition) is 0. The van der Waals surface area contributed by atoms with E-state index in [9.17, 15) is 4.39 Å². The summed E-state index contributed by atoms with van der Waals surface area (Å²) in [6, 6.07) is 14.8. The summed E-state index contributed by atoms with van der Waals surface area (Å²) in [5, 5.41) is 8.14. The maximum Gasteiger partial charge on any atom is 0.143 e. The Morgan fingerprint density at radius 1 is 1.05 bits per heavy atom. The minimum absolute atomic E-state index is 0.230. The van der Waals surface area contributed by atoms with Crippen LogP contribution in [0.3, 0.4) is 0 Å². The molecule has 1 aromatic heterocycles. The van der Waals surface area contributed by atoms with Gasteiger partial charge in [-0.2, -0.15) is 0 Å². The van der Waals surface area contributed by atoms with E-state index in [0.29, 0.717) is 11.2 Å². The van der Waals surface area contributed by atoms with Crippen LogP contribution in [0.25, 0.3) is 16.9 Å². The van der Waals surface area contributed by atoms with Gasteiger partial charge in [0.15, 0.2) is 0 Å². The Morgan fingerprint density at radius 3 is 2.58 bits per heavy atom. The molecule has 0 aliphatic carbocycles. The predicted octanol–water partition coefficient (Wildman–Crippen LogP) is 1.33. The number of hydrogen-bond acceptors (Lipinski definition) is 2. The van der Waals surface area contributed by atoms with E-state index in [0.717, 1.165) is 11.3 Å². The van der Waals surface area contributed by atoms with E-state index in [2.05, 4.69) is 10.3 Å². The lowest BCUT2D eigenvalue weighted by molar-refractivity contribution is 0.636. The van der Waals surface area contributed by atoms with Crippen LogP contribution in [0.1, 0.15) is 0 Å². The molecule has 19 heavy (non-hydrogen) atoms. The summed E-state index contributed by atoms with van der Waals surface area (Å²) in [5.41, 5.74) is 2.93. The molecule has 3 aromatic rings. The molecule has 0 atom stereocenters. The zero-order chi connectivity index (χ0) is 13.2.